The summed E-state index contributed by atoms with van der Waals surface area (Å²) in [5, 5.41) is 10.9. The fourth-order valence-corrected chi connectivity index (χ4v) is 5.83. The molecule has 0 saturated carbocycles. The molecule has 2 aromatic carbocycles. The summed E-state index contributed by atoms with van der Waals surface area (Å²) in [7, 11) is -3.71. The summed E-state index contributed by atoms with van der Waals surface area (Å²) in [5.41, 5.74) is 0.472. The van der Waals surface area contributed by atoms with Gasteiger partial charge in [-0.25, -0.2) is 12.7 Å². The van der Waals surface area contributed by atoms with Crippen LogP contribution in [0.3, 0.4) is 0 Å². The van der Waals surface area contributed by atoms with Gasteiger partial charge in [0.15, 0.2) is 0 Å². The lowest BCUT2D eigenvalue weighted by Gasteiger charge is -2.38. The molecule has 0 bridgehead atoms. The second kappa shape index (κ2) is 7.89. The Morgan fingerprint density at radius 1 is 0.897 bits per heavy atom. The summed E-state index contributed by atoms with van der Waals surface area (Å²) in [6.07, 6.45) is 2.80. The van der Waals surface area contributed by atoms with Crippen LogP contribution in [0.25, 0.3) is 0 Å². The number of amides is 1. The van der Waals surface area contributed by atoms with Crippen LogP contribution in [0.15, 0.2) is 59.5 Å². The van der Waals surface area contributed by atoms with Gasteiger partial charge in [0.1, 0.15) is 4.90 Å². The van der Waals surface area contributed by atoms with Crippen molar-refractivity contribution in [3.8, 4) is 0 Å². The highest BCUT2D eigenvalue weighted by molar-refractivity contribution is 7.90. The van der Waals surface area contributed by atoms with Crippen LogP contribution in [0, 0.1) is 0 Å². The number of carbonyl (C=O) groups is 1. The van der Waals surface area contributed by atoms with E-state index < -0.39 is 21.5 Å². The number of hydrogen-bond donors (Lipinski definition) is 1. The summed E-state index contributed by atoms with van der Waals surface area (Å²) in [6, 6.07) is 16.2. The minimum Gasteiger partial charge on any atom is -0.385 e. The Morgan fingerprint density at radius 3 is 2.21 bits per heavy atom. The molecule has 2 heterocycles. The van der Waals surface area contributed by atoms with Gasteiger partial charge in [0, 0.05) is 19.6 Å². The van der Waals surface area contributed by atoms with Crippen LogP contribution in [0.1, 0.15) is 41.6 Å². The molecule has 2 aliphatic heterocycles. The number of aliphatic hydroxyl groups is 1. The lowest BCUT2D eigenvalue weighted by molar-refractivity contribution is -0.0261. The van der Waals surface area contributed by atoms with Crippen molar-refractivity contribution in [2.24, 2.45) is 0 Å². The van der Waals surface area contributed by atoms with E-state index in [1.807, 2.05) is 30.3 Å². The van der Waals surface area contributed by atoms with E-state index in [-0.39, 0.29) is 17.0 Å². The van der Waals surface area contributed by atoms with Crippen molar-refractivity contribution < 1.29 is 18.3 Å². The van der Waals surface area contributed by atoms with Crippen LogP contribution in [0.2, 0.25) is 0 Å². The Balaban J connectivity index is 1.26. The third-order valence-electron chi connectivity index (χ3n) is 5.99. The van der Waals surface area contributed by atoms with Gasteiger partial charge in [-0.2, -0.15) is 0 Å². The highest BCUT2D eigenvalue weighted by Crippen LogP contribution is 2.33. The molecule has 0 aliphatic carbocycles. The molecule has 0 aromatic heterocycles. The fraction of sp³-hybridized carbons (Fsp3) is 0.409. The molecule has 0 unspecified atom stereocenters. The van der Waals surface area contributed by atoms with Gasteiger partial charge in [-0.1, -0.05) is 42.5 Å². The highest BCUT2D eigenvalue weighted by atomic mass is 32.2. The first-order chi connectivity index (χ1) is 13.9. The Labute approximate surface area is 171 Å². The van der Waals surface area contributed by atoms with E-state index in [9.17, 15) is 18.3 Å². The van der Waals surface area contributed by atoms with Gasteiger partial charge >= 0.3 is 0 Å². The van der Waals surface area contributed by atoms with Crippen LogP contribution >= 0.6 is 0 Å². The molecule has 0 atom stereocenters. The molecule has 29 heavy (non-hydrogen) atoms. The Hall–Kier alpha value is -2.22. The Kier molecular flexibility index (Phi) is 5.46. The molecule has 1 N–H and O–H groups in total. The first-order valence-electron chi connectivity index (χ1n) is 10.1. The number of likely N-dealkylation sites (tertiary alicyclic amines) is 1. The van der Waals surface area contributed by atoms with Crippen LogP contribution in [0.5, 0.6) is 0 Å². The number of sulfonamides is 1. The molecule has 1 fully saturated rings. The van der Waals surface area contributed by atoms with Gasteiger partial charge < -0.3 is 10.0 Å². The number of nitrogens with zero attached hydrogens (tertiary/aromatic N) is 2. The monoisotopic (exact) mass is 414 g/mol. The van der Waals surface area contributed by atoms with Crippen molar-refractivity contribution in [2.75, 3.05) is 26.2 Å². The predicted molar refractivity (Wildman–Crippen MR) is 110 cm³/mol. The van der Waals surface area contributed by atoms with Gasteiger partial charge in [-0.15, -0.1) is 0 Å². The Morgan fingerprint density at radius 2 is 1.52 bits per heavy atom. The molecule has 0 radical (unpaired) electrons. The zero-order valence-electron chi connectivity index (χ0n) is 16.3. The molecule has 4 rings (SSSR count). The smallest absolute Gasteiger partial charge is 0.269 e. The van der Waals surface area contributed by atoms with E-state index in [1.165, 1.54) is 6.07 Å². The zero-order valence-corrected chi connectivity index (χ0v) is 17.1. The summed E-state index contributed by atoms with van der Waals surface area (Å²) in [6.45, 7) is 2.65. The SMILES string of the molecule is O=C1c2ccccc2S(=O)(=O)N1CCCCN1CCC(O)(c2ccccc2)CC1. The molecule has 7 heteroatoms. The van der Waals surface area contributed by atoms with E-state index in [1.54, 1.807) is 18.2 Å². The zero-order chi connectivity index (χ0) is 20.5. The quantitative estimate of drug-likeness (QED) is 0.735. The van der Waals surface area contributed by atoms with Crippen LogP contribution < -0.4 is 0 Å². The van der Waals surface area contributed by atoms with E-state index >= 15 is 0 Å². The summed E-state index contributed by atoms with van der Waals surface area (Å²) in [5.74, 6) is -0.425. The number of fused-ring (bicyclic) bond motifs is 1. The topological polar surface area (TPSA) is 77.9 Å². The van der Waals surface area contributed by atoms with E-state index in [4.69, 9.17) is 0 Å². The van der Waals surface area contributed by atoms with Crippen molar-refractivity contribution >= 4 is 15.9 Å². The lowest BCUT2D eigenvalue weighted by atomic mass is 9.84. The first-order valence-corrected chi connectivity index (χ1v) is 11.5. The number of benzene rings is 2. The van der Waals surface area contributed by atoms with Gasteiger partial charge in [-0.05, 0) is 49.9 Å². The lowest BCUT2D eigenvalue weighted by Crippen LogP contribution is -2.43. The van der Waals surface area contributed by atoms with Crippen molar-refractivity contribution in [1.29, 1.82) is 0 Å². The van der Waals surface area contributed by atoms with E-state index in [2.05, 4.69) is 4.90 Å². The second-order valence-electron chi connectivity index (χ2n) is 7.82. The van der Waals surface area contributed by atoms with E-state index in [0.717, 1.165) is 35.9 Å². The molecule has 1 saturated heterocycles. The third kappa shape index (κ3) is 3.82. The Bertz CT molecular complexity index is 983. The van der Waals surface area contributed by atoms with Gasteiger partial charge in [0.2, 0.25) is 0 Å². The van der Waals surface area contributed by atoms with Gasteiger partial charge in [-0.3, -0.25) is 4.79 Å². The summed E-state index contributed by atoms with van der Waals surface area (Å²) >= 11 is 0. The average Bonchev–Trinajstić information content (AvgIpc) is 2.94. The van der Waals surface area contributed by atoms with Crippen molar-refractivity contribution in [1.82, 2.24) is 9.21 Å². The second-order valence-corrected chi connectivity index (χ2v) is 9.66. The standard InChI is InChI=1S/C22H26N2O4S/c25-21-19-10-4-5-11-20(19)29(27,28)24(21)15-7-6-14-23-16-12-22(26,13-17-23)18-8-2-1-3-9-18/h1-5,8-11,26H,6-7,12-17H2. The minimum absolute atomic E-state index is 0.112. The molecule has 6 nitrogen and oxygen atoms in total. The van der Waals surface area contributed by atoms with Crippen molar-refractivity contribution in [2.45, 2.75) is 36.2 Å². The molecule has 0 spiro atoms. The molecule has 1 amide bonds. The highest BCUT2D eigenvalue weighted by Gasteiger charge is 2.40. The third-order valence-corrected chi connectivity index (χ3v) is 7.83. The van der Waals surface area contributed by atoms with E-state index in [0.29, 0.717) is 19.3 Å². The molecule has 2 aliphatic rings. The normalized spacial score (nSPS) is 20.6. The maximum absolute atomic E-state index is 12.6. The number of rotatable bonds is 6. The molecular weight excluding hydrogens is 388 g/mol. The summed E-state index contributed by atoms with van der Waals surface area (Å²) in [4.78, 5) is 14.8. The van der Waals surface area contributed by atoms with Gasteiger partial charge in [0.05, 0.1) is 11.2 Å². The van der Waals surface area contributed by atoms with Crippen LogP contribution in [-0.2, 0) is 15.6 Å². The maximum atomic E-state index is 12.6. The maximum Gasteiger partial charge on any atom is 0.269 e. The van der Waals surface area contributed by atoms with Crippen LogP contribution in [0.4, 0.5) is 0 Å². The number of piperidine rings is 1. The fourth-order valence-electron chi connectivity index (χ4n) is 4.23. The average molecular weight is 415 g/mol. The molecule has 154 valence electrons. The number of hydrogen-bond acceptors (Lipinski definition) is 5. The number of unbranched alkanes of at least 4 members (excludes halogenated alkanes) is 1. The van der Waals surface area contributed by atoms with Crippen molar-refractivity contribution in [3.63, 3.8) is 0 Å². The van der Waals surface area contributed by atoms with Crippen molar-refractivity contribution in [3.05, 3.63) is 65.7 Å². The number of carbonyl (C=O) groups excluding carboxylic acids is 1. The van der Waals surface area contributed by atoms with Gasteiger partial charge in [0.25, 0.3) is 15.9 Å². The molecular formula is C22H26N2O4S. The largest absolute Gasteiger partial charge is 0.385 e. The predicted octanol–water partition coefficient (Wildman–Crippen LogP) is 2.59. The summed E-state index contributed by atoms with van der Waals surface area (Å²) < 4.78 is 26.1. The minimum atomic E-state index is -3.71. The van der Waals surface area contributed by atoms with Crippen LogP contribution in [-0.4, -0.2) is 54.8 Å². The molecule has 2 aromatic rings. The first kappa shape index (κ1) is 20.1.